The lowest BCUT2D eigenvalue weighted by molar-refractivity contribution is -0.140. The number of nitrogens with zero attached hydrogens (tertiary/aromatic N) is 3. The van der Waals surface area contributed by atoms with E-state index in [9.17, 15) is 13.2 Å². The molecule has 4 nitrogen and oxygen atoms in total. The van der Waals surface area contributed by atoms with Crippen LogP contribution in [-0.2, 0) is 6.18 Å². The van der Waals surface area contributed by atoms with Crippen molar-refractivity contribution in [3.63, 3.8) is 0 Å². The molecule has 27 heavy (non-hydrogen) atoms. The maximum atomic E-state index is 12.8. The summed E-state index contributed by atoms with van der Waals surface area (Å²) in [6.45, 7) is 0. The van der Waals surface area contributed by atoms with Crippen LogP contribution in [0, 0.1) is 0 Å². The van der Waals surface area contributed by atoms with Gasteiger partial charge in [-0.25, -0.2) is 15.0 Å². The van der Waals surface area contributed by atoms with Crippen molar-refractivity contribution >= 4 is 28.5 Å². The van der Waals surface area contributed by atoms with Crippen LogP contribution in [0.3, 0.4) is 0 Å². The number of nitrogens with two attached hydrogens (primary N) is 1. The number of benzene rings is 1. The first kappa shape index (κ1) is 17.6. The molecule has 4 aromatic rings. The molecule has 0 saturated heterocycles. The molecule has 3 aromatic heterocycles. The summed E-state index contributed by atoms with van der Waals surface area (Å²) in [7, 11) is 0. The summed E-state index contributed by atoms with van der Waals surface area (Å²) in [6, 6.07) is 15.3. The number of thiazole rings is 1. The van der Waals surface area contributed by atoms with E-state index >= 15 is 0 Å². The highest BCUT2D eigenvalue weighted by atomic mass is 32.1. The third-order valence-electron chi connectivity index (χ3n) is 3.65. The summed E-state index contributed by atoms with van der Waals surface area (Å²) in [6.07, 6.45) is -4.50. The van der Waals surface area contributed by atoms with E-state index in [1.54, 1.807) is 6.07 Å². The van der Waals surface area contributed by atoms with Crippen molar-refractivity contribution in [3.8, 4) is 31.8 Å². The SMILES string of the molecule is Nc1cc(-c2ccc(-c3ccccc3)s2)nc(-c2nc(C(F)(F)F)cs2)n1. The highest BCUT2D eigenvalue weighted by Crippen LogP contribution is 2.36. The topological polar surface area (TPSA) is 64.7 Å². The number of halogens is 3. The van der Waals surface area contributed by atoms with Crippen LogP contribution in [0.15, 0.2) is 53.9 Å². The summed E-state index contributed by atoms with van der Waals surface area (Å²) >= 11 is 2.35. The summed E-state index contributed by atoms with van der Waals surface area (Å²) in [5, 5.41) is 1.02. The Hall–Kier alpha value is -2.78. The number of nitrogen functional groups attached to an aromatic ring is 1. The van der Waals surface area contributed by atoms with Gasteiger partial charge < -0.3 is 5.73 Å². The van der Waals surface area contributed by atoms with Gasteiger partial charge in [-0.3, -0.25) is 0 Å². The fraction of sp³-hybridized carbons (Fsp3) is 0.0556. The molecule has 0 radical (unpaired) electrons. The molecule has 2 N–H and O–H groups in total. The smallest absolute Gasteiger partial charge is 0.384 e. The standard InChI is InChI=1S/C18H11F3N4S2/c19-18(20,21)14-9-26-17(24-14)16-23-11(8-15(22)25-16)13-7-6-12(27-13)10-4-2-1-3-5-10/h1-9H,(H2,22,23,25). The van der Waals surface area contributed by atoms with E-state index in [2.05, 4.69) is 15.0 Å². The second-order valence-electron chi connectivity index (χ2n) is 5.57. The predicted octanol–water partition coefficient (Wildman–Crippen LogP) is 5.60. The van der Waals surface area contributed by atoms with Gasteiger partial charge in [0.2, 0.25) is 0 Å². The second-order valence-corrected chi connectivity index (χ2v) is 7.51. The van der Waals surface area contributed by atoms with Gasteiger partial charge in [0.15, 0.2) is 16.5 Å². The number of hydrogen-bond donors (Lipinski definition) is 1. The average molecular weight is 404 g/mol. The molecule has 0 aliphatic carbocycles. The molecule has 0 bridgehead atoms. The molecule has 4 rings (SSSR count). The van der Waals surface area contributed by atoms with Gasteiger partial charge in [-0.15, -0.1) is 22.7 Å². The van der Waals surface area contributed by atoms with Crippen molar-refractivity contribution in [2.75, 3.05) is 5.73 Å². The van der Waals surface area contributed by atoms with E-state index in [1.807, 2.05) is 42.5 Å². The second kappa shape index (κ2) is 6.75. The molecule has 0 aliphatic rings. The van der Waals surface area contributed by atoms with Gasteiger partial charge in [0, 0.05) is 16.3 Å². The number of rotatable bonds is 3. The van der Waals surface area contributed by atoms with Crippen molar-refractivity contribution in [1.82, 2.24) is 15.0 Å². The summed E-state index contributed by atoms with van der Waals surface area (Å²) in [5.41, 5.74) is 6.52. The van der Waals surface area contributed by atoms with Gasteiger partial charge in [-0.05, 0) is 17.7 Å². The lowest BCUT2D eigenvalue weighted by atomic mass is 10.2. The molecule has 9 heteroatoms. The minimum absolute atomic E-state index is 0.0794. The van der Waals surface area contributed by atoms with Gasteiger partial charge in [-0.2, -0.15) is 13.2 Å². The van der Waals surface area contributed by atoms with Crippen molar-refractivity contribution < 1.29 is 13.2 Å². The Labute approximate surface area is 160 Å². The zero-order chi connectivity index (χ0) is 19.0. The molecular weight excluding hydrogens is 393 g/mol. The van der Waals surface area contributed by atoms with Crippen molar-refractivity contribution in [1.29, 1.82) is 0 Å². The van der Waals surface area contributed by atoms with Crippen LogP contribution in [0.4, 0.5) is 19.0 Å². The highest BCUT2D eigenvalue weighted by Gasteiger charge is 2.34. The normalized spacial score (nSPS) is 11.7. The minimum Gasteiger partial charge on any atom is -0.384 e. The van der Waals surface area contributed by atoms with Crippen LogP contribution in [0.2, 0.25) is 0 Å². The van der Waals surface area contributed by atoms with Crippen LogP contribution >= 0.6 is 22.7 Å². The predicted molar refractivity (Wildman–Crippen MR) is 101 cm³/mol. The molecule has 0 amide bonds. The number of aromatic nitrogens is 3. The van der Waals surface area contributed by atoms with Crippen LogP contribution in [0.5, 0.6) is 0 Å². The Morgan fingerprint density at radius 2 is 1.63 bits per heavy atom. The molecular formula is C18H11F3N4S2. The van der Waals surface area contributed by atoms with Crippen LogP contribution in [0.1, 0.15) is 5.69 Å². The van der Waals surface area contributed by atoms with E-state index in [0.717, 1.165) is 32.0 Å². The quantitative estimate of drug-likeness (QED) is 0.483. The van der Waals surface area contributed by atoms with Gasteiger partial charge in [0.25, 0.3) is 0 Å². The summed E-state index contributed by atoms with van der Waals surface area (Å²) in [4.78, 5) is 13.9. The molecule has 0 fully saturated rings. The van der Waals surface area contributed by atoms with Crippen molar-refractivity contribution in [2.45, 2.75) is 6.18 Å². The minimum atomic E-state index is -4.50. The third-order valence-corrected chi connectivity index (χ3v) is 5.64. The highest BCUT2D eigenvalue weighted by molar-refractivity contribution is 7.18. The van der Waals surface area contributed by atoms with E-state index in [4.69, 9.17) is 5.73 Å². The average Bonchev–Trinajstić information content (AvgIpc) is 3.32. The molecule has 0 unspecified atom stereocenters. The van der Waals surface area contributed by atoms with Crippen molar-refractivity contribution in [2.24, 2.45) is 0 Å². The van der Waals surface area contributed by atoms with Crippen molar-refractivity contribution in [3.05, 3.63) is 59.6 Å². The lowest BCUT2D eigenvalue weighted by Crippen LogP contribution is -2.05. The Morgan fingerprint density at radius 3 is 2.33 bits per heavy atom. The van der Waals surface area contributed by atoms with E-state index < -0.39 is 11.9 Å². The first-order valence-electron chi connectivity index (χ1n) is 7.73. The zero-order valence-electron chi connectivity index (χ0n) is 13.6. The molecule has 0 atom stereocenters. The van der Waals surface area contributed by atoms with Gasteiger partial charge >= 0.3 is 6.18 Å². The summed E-state index contributed by atoms with van der Waals surface area (Å²) in [5.74, 6) is 0.258. The number of alkyl halides is 3. The fourth-order valence-corrected chi connectivity index (χ4v) is 4.16. The van der Waals surface area contributed by atoms with Gasteiger partial charge in [0.1, 0.15) is 5.82 Å². The van der Waals surface area contributed by atoms with E-state index in [0.29, 0.717) is 5.69 Å². The Balaban J connectivity index is 1.71. The molecule has 136 valence electrons. The molecule has 0 saturated carbocycles. The van der Waals surface area contributed by atoms with Gasteiger partial charge in [-0.1, -0.05) is 30.3 Å². The fourth-order valence-electron chi connectivity index (χ4n) is 2.43. The zero-order valence-corrected chi connectivity index (χ0v) is 15.2. The molecule has 1 aromatic carbocycles. The Bertz CT molecular complexity index is 1090. The third kappa shape index (κ3) is 3.69. The largest absolute Gasteiger partial charge is 0.434 e. The lowest BCUT2D eigenvalue weighted by Gasteiger charge is -2.03. The van der Waals surface area contributed by atoms with Crippen LogP contribution in [-0.4, -0.2) is 15.0 Å². The maximum Gasteiger partial charge on any atom is 0.434 e. The van der Waals surface area contributed by atoms with Crippen LogP contribution < -0.4 is 5.73 Å². The van der Waals surface area contributed by atoms with E-state index in [-0.39, 0.29) is 16.6 Å². The molecule has 3 heterocycles. The Morgan fingerprint density at radius 1 is 0.889 bits per heavy atom. The molecule has 0 spiro atoms. The maximum absolute atomic E-state index is 12.8. The number of hydrogen-bond acceptors (Lipinski definition) is 6. The first-order valence-corrected chi connectivity index (χ1v) is 9.43. The number of thiophene rings is 1. The molecule has 0 aliphatic heterocycles. The number of anilines is 1. The summed E-state index contributed by atoms with van der Waals surface area (Å²) < 4.78 is 38.4. The first-order chi connectivity index (χ1) is 12.9. The van der Waals surface area contributed by atoms with Gasteiger partial charge in [0.05, 0.1) is 10.6 Å². The van der Waals surface area contributed by atoms with Crippen LogP contribution in [0.25, 0.3) is 31.8 Å². The monoisotopic (exact) mass is 404 g/mol. The van der Waals surface area contributed by atoms with E-state index in [1.165, 1.54) is 11.3 Å². The Kier molecular flexibility index (Phi) is 4.40.